The predicted octanol–water partition coefficient (Wildman–Crippen LogP) is 6.22. The van der Waals surface area contributed by atoms with E-state index in [-0.39, 0.29) is 12.5 Å². The summed E-state index contributed by atoms with van der Waals surface area (Å²) in [5, 5.41) is 53.7. The Kier molecular flexibility index (Phi) is 27.0. The number of amides is 1. The highest BCUT2D eigenvalue weighted by Gasteiger charge is 2.44. The zero-order valence-electron chi connectivity index (χ0n) is 29.3. The van der Waals surface area contributed by atoms with Crippen LogP contribution >= 0.6 is 0 Å². The van der Waals surface area contributed by atoms with E-state index in [0.717, 1.165) is 38.5 Å². The van der Waals surface area contributed by atoms with E-state index in [1.807, 2.05) is 6.08 Å². The molecule has 0 bridgehead atoms. The van der Waals surface area contributed by atoms with E-state index in [0.29, 0.717) is 6.42 Å². The van der Waals surface area contributed by atoms with Crippen molar-refractivity contribution in [1.82, 2.24) is 5.32 Å². The van der Waals surface area contributed by atoms with Gasteiger partial charge in [0, 0.05) is 6.42 Å². The Morgan fingerprint density at radius 2 is 1.20 bits per heavy atom. The van der Waals surface area contributed by atoms with Crippen molar-refractivity contribution in [2.75, 3.05) is 13.2 Å². The molecule has 0 spiro atoms. The number of hydrogen-bond donors (Lipinski definition) is 6. The number of rotatable bonds is 30. The summed E-state index contributed by atoms with van der Waals surface area (Å²) in [4.78, 5) is 12.8. The number of nitrogens with one attached hydrogen (secondary N) is 1. The van der Waals surface area contributed by atoms with Crippen LogP contribution in [-0.2, 0) is 14.3 Å². The van der Waals surface area contributed by atoms with Gasteiger partial charge < -0.3 is 40.3 Å². The SMILES string of the molecule is CCCCCCCCC/C=C/[C@@H](O)[C@H](CO[C@@H]1O[C@H](CO)[C@H](O)C(O)C1O)NC(=O)CCCCCCCCCCCCCCCC. The summed E-state index contributed by atoms with van der Waals surface area (Å²) < 4.78 is 11.1. The minimum Gasteiger partial charge on any atom is -0.394 e. The average Bonchev–Trinajstić information content (AvgIpc) is 3.05. The number of allylic oxidation sites excluding steroid dienone is 1. The van der Waals surface area contributed by atoms with Gasteiger partial charge in [0.25, 0.3) is 0 Å². The minimum atomic E-state index is -1.56. The van der Waals surface area contributed by atoms with Crippen molar-refractivity contribution in [2.45, 2.75) is 204 Å². The van der Waals surface area contributed by atoms with E-state index in [1.165, 1.54) is 103 Å². The number of aliphatic hydroxyl groups is 5. The third kappa shape index (κ3) is 20.3. The van der Waals surface area contributed by atoms with Crippen LogP contribution in [0.4, 0.5) is 0 Å². The molecule has 7 atom stereocenters. The van der Waals surface area contributed by atoms with Crippen LogP contribution in [0.1, 0.15) is 162 Å². The van der Waals surface area contributed by atoms with E-state index in [9.17, 15) is 30.3 Å². The van der Waals surface area contributed by atoms with Crippen LogP contribution in [0.5, 0.6) is 0 Å². The summed E-state index contributed by atoms with van der Waals surface area (Å²) in [7, 11) is 0. The van der Waals surface area contributed by atoms with Gasteiger partial charge in [0.2, 0.25) is 5.91 Å². The molecule has 1 aliphatic rings. The topological polar surface area (TPSA) is 149 Å². The zero-order valence-corrected chi connectivity index (χ0v) is 29.3. The maximum Gasteiger partial charge on any atom is 0.220 e. The largest absolute Gasteiger partial charge is 0.394 e. The van der Waals surface area contributed by atoms with Crippen molar-refractivity contribution in [3.63, 3.8) is 0 Å². The fourth-order valence-corrected chi connectivity index (χ4v) is 5.98. The zero-order chi connectivity index (χ0) is 33.8. The van der Waals surface area contributed by atoms with Gasteiger partial charge in [-0.25, -0.2) is 0 Å². The Hall–Kier alpha value is -1.07. The molecule has 46 heavy (non-hydrogen) atoms. The highest BCUT2D eigenvalue weighted by Crippen LogP contribution is 2.22. The Morgan fingerprint density at radius 1 is 0.717 bits per heavy atom. The van der Waals surface area contributed by atoms with Crippen molar-refractivity contribution in [1.29, 1.82) is 0 Å². The molecule has 1 aliphatic heterocycles. The van der Waals surface area contributed by atoms with Gasteiger partial charge in [0.15, 0.2) is 6.29 Å². The van der Waals surface area contributed by atoms with Gasteiger partial charge in [0.05, 0.1) is 25.4 Å². The molecule has 1 rings (SSSR count). The van der Waals surface area contributed by atoms with Crippen LogP contribution in [0.3, 0.4) is 0 Å². The molecule has 2 unspecified atom stereocenters. The normalized spacial score (nSPS) is 23.2. The first-order valence-electron chi connectivity index (χ1n) is 18.9. The quantitative estimate of drug-likeness (QED) is 0.0394. The molecular formula is C37H71NO8. The standard InChI is InChI=1S/C37H71NO8/c1-3-5-7-9-11-13-14-15-16-17-19-21-23-25-27-33(41)38-30(31(40)26-24-22-20-18-12-10-8-6-4-2)29-45-37-36(44)35(43)34(42)32(28-39)46-37/h24,26,30-32,34-37,39-40,42-44H,3-23,25,27-29H2,1-2H3,(H,38,41)/b26-24+/t30-,31+,32+,34-,35?,36?,37+/m0/s1. The number of unbranched alkanes of at least 4 members (excludes halogenated alkanes) is 20. The number of hydrogen-bond acceptors (Lipinski definition) is 8. The first-order valence-corrected chi connectivity index (χ1v) is 18.9. The van der Waals surface area contributed by atoms with E-state index in [4.69, 9.17) is 9.47 Å². The maximum absolute atomic E-state index is 12.8. The summed E-state index contributed by atoms with van der Waals surface area (Å²) in [5.41, 5.74) is 0. The van der Waals surface area contributed by atoms with E-state index in [2.05, 4.69) is 19.2 Å². The first kappa shape index (κ1) is 43.0. The number of carbonyl (C=O) groups is 1. The Labute approximate surface area is 280 Å². The summed E-state index contributed by atoms with van der Waals surface area (Å²) in [6, 6.07) is -0.795. The number of aliphatic hydroxyl groups excluding tert-OH is 5. The second-order valence-corrected chi connectivity index (χ2v) is 13.4. The van der Waals surface area contributed by atoms with Crippen molar-refractivity contribution in [3.05, 3.63) is 12.2 Å². The second kappa shape index (κ2) is 28.9. The lowest BCUT2D eigenvalue weighted by atomic mass is 9.99. The lowest BCUT2D eigenvalue weighted by Crippen LogP contribution is -2.60. The van der Waals surface area contributed by atoms with Crippen molar-refractivity contribution < 1.29 is 39.8 Å². The smallest absolute Gasteiger partial charge is 0.220 e. The minimum absolute atomic E-state index is 0.180. The highest BCUT2D eigenvalue weighted by atomic mass is 16.7. The summed E-state index contributed by atoms with van der Waals surface area (Å²) in [5.74, 6) is -0.180. The molecule has 272 valence electrons. The molecule has 9 heteroatoms. The number of ether oxygens (including phenoxy) is 2. The summed E-state index contributed by atoms with van der Waals surface area (Å²) in [6.07, 6.45) is 22.6. The molecule has 9 nitrogen and oxygen atoms in total. The molecule has 1 saturated heterocycles. The summed E-state index contributed by atoms with van der Waals surface area (Å²) >= 11 is 0. The van der Waals surface area contributed by atoms with Gasteiger partial charge in [0.1, 0.15) is 24.4 Å². The van der Waals surface area contributed by atoms with Gasteiger partial charge in [-0.15, -0.1) is 0 Å². The molecule has 6 N–H and O–H groups in total. The van der Waals surface area contributed by atoms with Gasteiger partial charge in [-0.1, -0.05) is 148 Å². The lowest BCUT2D eigenvalue weighted by Gasteiger charge is -2.40. The third-order valence-corrected chi connectivity index (χ3v) is 9.11. The van der Waals surface area contributed by atoms with Gasteiger partial charge in [-0.05, 0) is 19.3 Å². The van der Waals surface area contributed by atoms with Crippen LogP contribution in [0.2, 0.25) is 0 Å². The molecular weight excluding hydrogens is 586 g/mol. The molecule has 1 fully saturated rings. The maximum atomic E-state index is 12.8. The molecule has 0 saturated carbocycles. The van der Waals surface area contributed by atoms with E-state index < -0.39 is 49.5 Å². The summed E-state index contributed by atoms with van der Waals surface area (Å²) in [6.45, 7) is 3.72. The van der Waals surface area contributed by atoms with Gasteiger partial charge >= 0.3 is 0 Å². The molecule has 1 amide bonds. The monoisotopic (exact) mass is 658 g/mol. The molecule has 0 aliphatic carbocycles. The number of carbonyl (C=O) groups excluding carboxylic acids is 1. The van der Waals surface area contributed by atoms with E-state index >= 15 is 0 Å². The van der Waals surface area contributed by atoms with Crippen LogP contribution in [0.25, 0.3) is 0 Å². The van der Waals surface area contributed by atoms with Crippen LogP contribution < -0.4 is 5.32 Å². The van der Waals surface area contributed by atoms with Gasteiger partial charge in [-0.3, -0.25) is 4.79 Å². The fraction of sp³-hybridized carbons (Fsp3) is 0.919. The van der Waals surface area contributed by atoms with Gasteiger partial charge in [-0.2, -0.15) is 0 Å². The third-order valence-electron chi connectivity index (χ3n) is 9.11. The van der Waals surface area contributed by atoms with Crippen molar-refractivity contribution in [3.8, 4) is 0 Å². The highest BCUT2D eigenvalue weighted by molar-refractivity contribution is 5.76. The Balaban J connectivity index is 2.43. The molecule has 1 heterocycles. The lowest BCUT2D eigenvalue weighted by molar-refractivity contribution is -0.302. The van der Waals surface area contributed by atoms with Crippen LogP contribution in [-0.4, -0.2) is 87.5 Å². The Bertz CT molecular complexity index is 736. The average molecular weight is 658 g/mol. The fourth-order valence-electron chi connectivity index (χ4n) is 5.98. The Morgan fingerprint density at radius 3 is 1.70 bits per heavy atom. The van der Waals surface area contributed by atoms with E-state index in [1.54, 1.807) is 6.08 Å². The molecule has 0 aromatic heterocycles. The molecule has 0 radical (unpaired) electrons. The predicted molar refractivity (Wildman–Crippen MR) is 184 cm³/mol. The molecule has 0 aromatic rings. The van der Waals surface area contributed by atoms with Crippen molar-refractivity contribution in [2.24, 2.45) is 0 Å². The molecule has 0 aromatic carbocycles. The van der Waals surface area contributed by atoms with Crippen LogP contribution in [0.15, 0.2) is 12.2 Å². The second-order valence-electron chi connectivity index (χ2n) is 13.4. The van der Waals surface area contributed by atoms with Crippen LogP contribution in [0, 0.1) is 0 Å². The van der Waals surface area contributed by atoms with Crippen molar-refractivity contribution >= 4 is 5.91 Å². The first-order chi connectivity index (χ1) is 22.3.